The van der Waals surface area contributed by atoms with Gasteiger partial charge in [-0.25, -0.2) is 9.97 Å². The van der Waals surface area contributed by atoms with Gasteiger partial charge >= 0.3 is 0 Å². The number of phenols is 1. The molecule has 0 fully saturated rings. The van der Waals surface area contributed by atoms with Gasteiger partial charge in [0.25, 0.3) is 0 Å². The molecule has 0 aliphatic rings. The monoisotopic (exact) mass is 175 g/mol. The van der Waals surface area contributed by atoms with Crippen LogP contribution in [0.4, 0.5) is 5.95 Å². The molecule has 0 unspecified atom stereocenters. The van der Waals surface area contributed by atoms with E-state index in [0.717, 1.165) is 16.6 Å². The average Bonchev–Trinajstić information content (AvgIpc) is 2.06. The molecule has 0 amide bonds. The Hall–Kier alpha value is -1.84. The molecule has 0 aliphatic carbocycles. The highest BCUT2D eigenvalue weighted by Crippen LogP contribution is 2.20. The Morgan fingerprint density at radius 3 is 2.85 bits per heavy atom. The third-order valence-electron chi connectivity index (χ3n) is 1.89. The molecule has 0 saturated heterocycles. The Morgan fingerprint density at radius 2 is 2.08 bits per heavy atom. The van der Waals surface area contributed by atoms with E-state index in [2.05, 4.69) is 9.97 Å². The zero-order valence-electron chi connectivity index (χ0n) is 7.15. The summed E-state index contributed by atoms with van der Waals surface area (Å²) in [6.07, 6.45) is 0. The van der Waals surface area contributed by atoms with Crippen molar-refractivity contribution in [3.63, 3.8) is 0 Å². The molecule has 0 aliphatic heterocycles. The molecular formula is C9H9N3O. The van der Waals surface area contributed by atoms with E-state index < -0.39 is 0 Å². The maximum Gasteiger partial charge on any atom is 0.220 e. The van der Waals surface area contributed by atoms with Crippen LogP contribution in [0.5, 0.6) is 5.75 Å². The van der Waals surface area contributed by atoms with Gasteiger partial charge in [0.2, 0.25) is 5.95 Å². The number of phenolic OH excluding ortho intramolecular Hbond substituents is 1. The maximum atomic E-state index is 9.24. The smallest absolute Gasteiger partial charge is 0.220 e. The van der Waals surface area contributed by atoms with Crippen molar-refractivity contribution in [3.05, 3.63) is 23.9 Å². The van der Waals surface area contributed by atoms with Crippen LogP contribution < -0.4 is 5.73 Å². The van der Waals surface area contributed by atoms with Crippen LogP contribution >= 0.6 is 0 Å². The van der Waals surface area contributed by atoms with E-state index in [1.807, 2.05) is 6.92 Å². The van der Waals surface area contributed by atoms with Crippen molar-refractivity contribution in [1.29, 1.82) is 0 Å². The van der Waals surface area contributed by atoms with Crippen LogP contribution in [-0.4, -0.2) is 15.1 Å². The molecule has 1 heterocycles. The lowest BCUT2D eigenvalue weighted by atomic mass is 10.2. The van der Waals surface area contributed by atoms with Crippen molar-refractivity contribution in [2.75, 3.05) is 5.73 Å². The first-order chi connectivity index (χ1) is 6.16. The quantitative estimate of drug-likeness (QED) is 0.631. The van der Waals surface area contributed by atoms with Crippen LogP contribution in [0, 0.1) is 6.92 Å². The number of nitrogen functional groups attached to an aromatic ring is 1. The summed E-state index contributed by atoms with van der Waals surface area (Å²) in [7, 11) is 0. The molecule has 3 N–H and O–H groups in total. The Balaban J connectivity index is 2.87. The predicted molar refractivity (Wildman–Crippen MR) is 50.4 cm³/mol. The number of nitrogens with two attached hydrogens (primary N) is 1. The SMILES string of the molecule is Cc1nc(N)nc2ccc(O)cc12. The summed E-state index contributed by atoms with van der Waals surface area (Å²) in [5.41, 5.74) is 7.01. The Bertz CT molecular complexity index is 468. The molecule has 1 aromatic heterocycles. The highest BCUT2D eigenvalue weighted by Gasteiger charge is 2.02. The van der Waals surface area contributed by atoms with Gasteiger partial charge in [-0.1, -0.05) is 0 Å². The standard InChI is InChI=1S/C9H9N3O/c1-5-7-4-6(13)2-3-8(7)12-9(10)11-5/h2-4,13H,1H3,(H2,10,11,12). The van der Waals surface area contributed by atoms with Crippen molar-refractivity contribution in [3.8, 4) is 5.75 Å². The topological polar surface area (TPSA) is 72.0 Å². The van der Waals surface area contributed by atoms with Crippen molar-refractivity contribution >= 4 is 16.9 Å². The second kappa shape index (κ2) is 2.58. The number of hydrogen-bond acceptors (Lipinski definition) is 4. The number of nitrogens with zero attached hydrogens (tertiary/aromatic N) is 2. The van der Waals surface area contributed by atoms with Gasteiger partial charge in [-0.2, -0.15) is 0 Å². The Kier molecular flexibility index (Phi) is 1.55. The molecule has 4 nitrogen and oxygen atoms in total. The van der Waals surface area contributed by atoms with Crippen molar-refractivity contribution < 1.29 is 5.11 Å². The Labute approximate surface area is 75.1 Å². The van der Waals surface area contributed by atoms with Gasteiger partial charge in [-0.15, -0.1) is 0 Å². The number of aromatic nitrogens is 2. The highest BCUT2D eigenvalue weighted by atomic mass is 16.3. The second-order valence-corrected chi connectivity index (χ2v) is 2.87. The number of anilines is 1. The number of hydrogen-bond donors (Lipinski definition) is 2. The fraction of sp³-hybridized carbons (Fsp3) is 0.111. The summed E-state index contributed by atoms with van der Waals surface area (Å²) < 4.78 is 0. The maximum absolute atomic E-state index is 9.24. The van der Waals surface area contributed by atoms with E-state index in [0.29, 0.717) is 0 Å². The average molecular weight is 175 g/mol. The molecule has 0 spiro atoms. The highest BCUT2D eigenvalue weighted by molar-refractivity contribution is 5.82. The predicted octanol–water partition coefficient (Wildman–Crippen LogP) is 1.23. The fourth-order valence-electron chi connectivity index (χ4n) is 1.29. The summed E-state index contributed by atoms with van der Waals surface area (Å²) in [6, 6.07) is 4.92. The second-order valence-electron chi connectivity index (χ2n) is 2.87. The van der Waals surface area contributed by atoms with Crippen molar-refractivity contribution in [1.82, 2.24) is 9.97 Å². The minimum absolute atomic E-state index is 0.212. The summed E-state index contributed by atoms with van der Waals surface area (Å²) in [4.78, 5) is 8.03. The molecule has 0 saturated carbocycles. The Morgan fingerprint density at radius 1 is 1.31 bits per heavy atom. The van der Waals surface area contributed by atoms with Gasteiger partial charge in [-0.3, -0.25) is 0 Å². The molecule has 0 radical (unpaired) electrons. The van der Waals surface area contributed by atoms with Crippen LogP contribution in [0.25, 0.3) is 10.9 Å². The molecule has 13 heavy (non-hydrogen) atoms. The molecule has 2 rings (SSSR count). The number of aromatic hydroxyl groups is 1. The van der Waals surface area contributed by atoms with Crippen LogP contribution in [0.3, 0.4) is 0 Å². The molecule has 0 atom stereocenters. The third kappa shape index (κ3) is 1.26. The summed E-state index contributed by atoms with van der Waals surface area (Å²) in [5, 5.41) is 10.1. The zero-order chi connectivity index (χ0) is 9.42. The molecule has 1 aromatic carbocycles. The summed E-state index contributed by atoms with van der Waals surface area (Å²) in [5.74, 6) is 0.472. The molecule has 2 aromatic rings. The van der Waals surface area contributed by atoms with Gasteiger partial charge in [0.1, 0.15) is 5.75 Å². The summed E-state index contributed by atoms with van der Waals surface area (Å²) >= 11 is 0. The lowest BCUT2D eigenvalue weighted by molar-refractivity contribution is 0.476. The molecular weight excluding hydrogens is 166 g/mol. The van der Waals surface area contributed by atoms with Crippen LogP contribution in [-0.2, 0) is 0 Å². The van der Waals surface area contributed by atoms with Crippen molar-refractivity contribution in [2.45, 2.75) is 6.92 Å². The minimum Gasteiger partial charge on any atom is -0.508 e. The summed E-state index contributed by atoms with van der Waals surface area (Å²) in [6.45, 7) is 1.83. The van der Waals surface area contributed by atoms with Gasteiger partial charge in [0.15, 0.2) is 0 Å². The van der Waals surface area contributed by atoms with E-state index in [1.54, 1.807) is 18.2 Å². The van der Waals surface area contributed by atoms with Crippen LogP contribution in [0.15, 0.2) is 18.2 Å². The van der Waals surface area contributed by atoms with Gasteiger partial charge in [-0.05, 0) is 25.1 Å². The van der Waals surface area contributed by atoms with E-state index in [9.17, 15) is 5.11 Å². The van der Waals surface area contributed by atoms with Crippen LogP contribution in [0.2, 0.25) is 0 Å². The number of fused-ring (bicyclic) bond motifs is 1. The first-order valence-corrected chi connectivity index (χ1v) is 3.89. The largest absolute Gasteiger partial charge is 0.508 e. The van der Waals surface area contributed by atoms with Crippen molar-refractivity contribution in [2.24, 2.45) is 0 Å². The fourth-order valence-corrected chi connectivity index (χ4v) is 1.29. The number of aryl methyl sites for hydroxylation is 1. The molecule has 4 heteroatoms. The lowest BCUT2D eigenvalue weighted by Crippen LogP contribution is -1.97. The molecule has 66 valence electrons. The van der Waals surface area contributed by atoms with Gasteiger partial charge in [0.05, 0.1) is 11.2 Å². The lowest BCUT2D eigenvalue weighted by Gasteiger charge is -2.02. The third-order valence-corrected chi connectivity index (χ3v) is 1.89. The first kappa shape index (κ1) is 7.79. The van der Waals surface area contributed by atoms with E-state index in [-0.39, 0.29) is 11.7 Å². The van der Waals surface area contributed by atoms with Gasteiger partial charge in [0, 0.05) is 5.39 Å². The number of rotatable bonds is 0. The van der Waals surface area contributed by atoms with E-state index in [1.165, 1.54) is 0 Å². The minimum atomic E-state index is 0.212. The molecule has 0 bridgehead atoms. The van der Waals surface area contributed by atoms with E-state index >= 15 is 0 Å². The first-order valence-electron chi connectivity index (χ1n) is 3.89. The van der Waals surface area contributed by atoms with Crippen LogP contribution in [0.1, 0.15) is 5.69 Å². The van der Waals surface area contributed by atoms with E-state index in [4.69, 9.17) is 5.73 Å². The number of benzene rings is 1. The normalized spacial score (nSPS) is 10.5. The zero-order valence-corrected chi connectivity index (χ0v) is 7.15. The van der Waals surface area contributed by atoms with Gasteiger partial charge < -0.3 is 10.8 Å².